The number of rotatable bonds is 6. The average Bonchev–Trinajstić information content (AvgIpc) is 2.91. The first-order valence-electron chi connectivity index (χ1n) is 12.8. The summed E-state index contributed by atoms with van der Waals surface area (Å²) < 4.78 is 92.0. The van der Waals surface area contributed by atoms with E-state index >= 15 is 0 Å². The minimum Gasteiger partial charge on any atom is -0.355 e. The lowest BCUT2D eigenvalue weighted by Crippen LogP contribution is -2.42. The number of pyridine rings is 1. The normalized spacial score (nSPS) is 15.6. The van der Waals surface area contributed by atoms with Crippen LogP contribution < -0.4 is 9.80 Å². The standard InChI is InChI=1S/C29H30F5N3O3S/c1-18-11-22(31)5-6-23(18)24-15-26(37-7-9-41(39,40)10-8-37)35-17-25(24)36(4)27(38)28(2,3)20-12-19(16-30)13-21(14-20)29(32,33)34/h5-6,11-15,17H,7-10,16H2,1-4H3. The van der Waals surface area contributed by atoms with E-state index in [1.807, 2.05) is 0 Å². The third kappa shape index (κ3) is 6.37. The molecule has 4 rings (SSSR count). The summed E-state index contributed by atoms with van der Waals surface area (Å²) in [4.78, 5) is 21.4. The number of anilines is 2. The molecule has 1 aliphatic rings. The van der Waals surface area contributed by atoms with Crippen molar-refractivity contribution < 1.29 is 35.2 Å². The molecule has 0 saturated carbocycles. The molecule has 2 aromatic carbocycles. The number of sulfone groups is 1. The molecule has 0 radical (unpaired) electrons. The third-order valence-electron chi connectivity index (χ3n) is 7.41. The number of alkyl halides is 4. The molecule has 41 heavy (non-hydrogen) atoms. The van der Waals surface area contributed by atoms with Gasteiger partial charge in [-0.3, -0.25) is 4.79 Å². The lowest BCUT2D eigenvalue weighted by atomic mass is 9.81. The predicted octanol–water partition coefficient (Wildman–Crippen LogP) is 5.86. The molecule has 6 nitrogen and oxygen atoms in total. The van der Waals surface area contributed by atoms with E-state index in [0.717, 1.165) is 12.1 Å². The third-order valence-corrected chi connectivity index (χ3v) is 9.02. The highest BCUT2D eigenvalue weighted by molar-refractivity contribution is 7.91. The lowest BCUT2D eigenvalue weighted by Gasteiger charge is -2.33. The van der Waals surface area contributed by atoms with Crippen molar-refractivity contribution in [1.29, 1.82) is 0 Å². The van der Waals surface area contributed by atoms with Gasteiger partial charge in [0.1, 0.15) is 18.3 Å². The van der Waals surface area contributed by atoms with Gasteiger partial charge in [-0.2, -0.15) is 13.2 Å². The summed E-state index contributed by atoms with van der Waals surface area (Å²) in [6.07, 6.45) is -3.30. The largest absolute Gasteiger partial charge is 0.416 e. The van der Waals surface area contributed by atoms with Crippen LogP contribution in [0.1, 0.15) is 36.1 Å². The molecule has 0 unspecified atom stereocenters. The van der Waals surface area contributed by atoms with Gasteiger partial charge in [-0.05, 0) is 73.4 Å². The van der Waals surface area contributed by atoms with Gasteiger partial charge in [0.25, 0.3) is 0 Å². The molecule has 0 bridgehead atoms. The van der Waals surface area contributed by atoms with Crippen molar-refractivity contribution >= 4 is 27.2 Å². The zero-order valence-corrected chi connectivity index (χ0v) is 23.8. The number of likely N-dealkylation sites (N-methyl/N-ethyl adjacent to an activating group) is 1. The molecule has 1 amide bonds. The molecular weight excluding hydrogens is 565 g/mol. The molecule has 12 heteroatoms. The maximum absolute atomic E-state index is 14.0. The number of amides is 1. The molecule has 220 valence electrons. The van der Waals surface area contributed by atoms with Crippen LogP contribution in [-0.2, 0) is 32.9 Å². The summed E-state index contributed by atoms with van der Waals surface area (Å²) in [5.74, 6) is -0.645. The Kier molecular flexibility index (Phi) is 8.19. The van der Waals surface area contributed by atoms with Crippen molar-refractivity contribution in [2.75, 3.05) is 41.4 Å². The molecule has 1 saturated heterocycles. The van der Waals surface area contributed by atoms with E-state index < -0.39 is 45.4 Å². The van der Waals surface area contributed by atoms with Crippen LogP contribution in [0.4, 0.5) is 33.5 Å². The quantitative estimate of drug-likeness (QED) is 0.334. The molecule has 1 aliphatic heterocycles. The molecule has 3 aromatic rings. The highest BCUT2D eigenvalue weighted by atomic mass is 32.2. The lowest BCUT2D eigenvalue weighted by molar-refractivity contribution is -0.137. The monoisotopic (exact) mass is 595 g/mol. The van der Waals surface area contributed by atoms with E-state index in [2.05, 4.69) is 4.98 Å². The maximum Gasteiger partial charge on any atom is 0.416 e. The van der Waals surface area contributed by atoms with Crippen molar-refractivity contribution in [3.8, 4) is 11.1 Å². The number of hydrogen-bond acceptors (Lipinski definition) is 5. The van der Waals surface area contributed by atoms with Gasteiger partial charge in [-0.15, -0.1) is 0 Å². The second kappa shape index (κ2) is 11.0. The van der Waals surface area contributed by atoms with E-state index in [9.17, 15) is 35.2 Å². The summed E-state index contributed by atoms with van der Waals surface area (Å²) in [5.41, 5.74) is -0.796. The Labute approximate surface area is 235 Å². The van der Waals surface area contributed by atoms with E-state index in [0.29, 0.717) is 28.2 Å². The predicted molar refractivity (Wildman–Crippen MR) is 148 cm³/mol. The van der Waals surface area contributed by atoms with Crippen LogP contribution in [0.15, 0.2) is 48.7 Å². The number of aryl methyl sites for hydroxylation is 1. The molecular formula is C29H30F5N3O3S. The van der Waals surface area contributed by atoms with E-state index in [4.69, 9.17) is 0 Å². The Balaban J connectivity index is 1.79. The summed E-state index contributed by atoms with van der Waals surface area (Å²) in [6, 6.07) is 8.66. The van der Waals surface area contributed by atoms with E-state index in [-0.39, 0.29) is 35.7 Å². The summed E-state index contributed by atoms with van der Waals surface area (Å²) in [6.45, 7) is 3.94. The molecule has 0 N–H and O–H groups in total. The van der Waals surface area contributed by atoms with Crippen LogP contribution in [0.5, 0.6) is 0 Å². The Morgan fingerprint density at radius 2 is 1.63 bits per heavy atom. The first kappa shape index (κ1) is 30.4. The van der Waals surface area contributed by atoms with Crippen LogP contribution in [0.2, 0.25) is 0 Å². The topological polar surface area (TPSA) is 70.6 Å². The van der Waals surface area contributed by atoms with Gasteiger partial charge in [0.05, 0.1) is 34.4 Å². The highest BCUT2D eigenvalue weighted by Gasteiger charge is 2.38. The zero-order valence-electron chi connectivity index (χ0n) is 23.0. The van der Waals surface area contributed by atoms with E-state index in [1.165, 1.54) is 50.2 Å². The first-order chi connectivity index (χ1) is 19.0. The SMILES string of the molecule is Cc1cc(F)ccc1-c1cc(N2CCS(=O)(=O)CC2)ncc1N(C)C(=O)C(C)(C)c1cc(CF)cc(C(F)(F)F)c1. The molecule has 0 aliphatic carbocycles. The van der Waals surface area contributed by atoms with Crippen LogP contribution in [0.25, 0.3) is 11.1 Å². The number of carbonyl (C=O) groups is 1. The number of halogens is 5. The smallest absolute Gasteiger partial charge is 0.355 e. The van der Waals surface area contributed by atoms with Crippen molar-refractivity contribution in [3.05, 3.63) is 76.7 Å². The van der Waals surface area contributed by atoms with Crippen LogP contribution in [0.3, 0.4) is 0 Å². The van der Waals surface area contributed by atoms with Gasteiger partial charge >= 0.3 is 6.18 Å². The van der Waals surface area contributed by atoms with Gasteiger partial charge in [-0.1, -0.05) is 12.1 Å². The number of carbonyl (C=O) groups excluding carboxylic acids is 1. The molecule has 1 aromatic heterocycles. The van der Waals surface area contributed by atoms with Gasteiger partial charge in [-0.25, -0.2) is 22.2 Å². The molecule has 0 atom stereocenters. The Morgan fingerprint density at radius 3 is 2.22 bits per heavy atom. The van der Waals surface area contributed by atoms with Crippen molar-refractivity contribution in [2.45, 2.75) is 39.0 Å². The van der Waals surface area contributed by atoms with Crippen molar-refractivity contribution in [2.24, 2.45) is 0 Å². The maximum atomic E-state index is 14.0. The first-order valence-corrected chi connectivity index (χ1v) is 14.6. The van der Waals surface area contributed by atoms with Crippen LogP contribution in [0, 0.1) is 12.7 Å². The Morgan fingerprint density at radius 1 is 1.00 bits per heavy atom. The van der Waals surface area contributed by atoms with Crippen LogP contribution >= 0.6 is 0 Å². The number of benzene rings is 2. The molecule has 2 heterocycles. The summed E-state index contributed by atoms with van der Waals surface area (Å²) in [7, 11) is -1.69. The Bertz CT molecular complexity index is 1570. The zero-order chi connectivity index (χ0) is 30.3. The molecule has 0 spiro atoms. The second-order valence-electron chi connectivity index (χ2n) is 10.7. The minimum atomic E-state index is -4.73. The van der Waals surface area contributed by atoms with Gasteiger partial charge < -0.3 is 9.80 Å². The van der Waals surface area contributed by atoms with Gasteiger partial charge in [0, 0.05) is 25.7 Å². The highest BCUT2D eigenvalue weighted by Crippen LogP contribution is 2.39. The van der Waals surface area contributed by atoms with Crippen molar-refractivity contribution in [3.63, 3.8) is 0 Å². The van der Waals surface area contributed by atoms with Gasteiger partial charge in [0.15, 0.2) is 9.84 Å². The van der Waals surface area contributed by atoms with Crippen LogP contribution in [-0.4, -0.2) is 51.0 Å². The number of hydrogen-bond donors (Lipinski definition) is 0. The minimum absolute atomic E-state index is 0.00422. The Hall–Kier alpha value is -3.54. The second-order valence-corrected chi connectivity index (χ2v) is 13.0. The fraction of sp³-hybridized carbons (Fsp3) is 0.379. The summed E-state index contributed by atoms with van der Waals surface area (Å²) >= 11 is 0. The number of nitrogens with zero attached hydrogens (tertiary/aromatic N) is 3. The summed E-state index contributed by atoms with van der Waals surface area (Å²) in [5, 5.41) is 0. The number of aromatic nitrogens is 1. The van der Waals surface area contributed by atoms with Gasteiger partial charge in [0.2, 0.25) is 5.91 Å². The fourth-order valence-corrected chi connectivity index (χ4v) is 6.11. The fourth-order valence-electron chi connectivity index (χ4n) is 4.91. The molecule has 1 fully saturated rings. The van der Waals surface area contributed by atoms with E-state index in [1.54, 1.807) is 24.0 Å². The van der Waals surface area contributed by atoms with Crippen molar-refractivity contribution in [1.82, 2.24) is 4.98 Å². The average molecular weight is 596 g/mol.